The zero-order chi connectivity index (χ0) is 13.9. The molecule has 0 fully saturated rings. The van der Waals surface area contributed by atoms with Crippen molar-refractivity contribution in [1.29, 1.82) is 0 Å². The van der Waals surface area contributed by atoms with Crippen LogP contribution in [0, 0.1) is 6.92 Å². The van der Waals surface area contributed by atoms with Crippen molar-refractivity contribution in [2.24, 2.45) is 0 Å². The first kappa shape index (κ1) is 14.8. The van der Waals surface area contributed by atoms with E-state index in [0.717, 1.165) is 11.3 Å². The van der Waals surface area contributed by atoms with Gasteiger partial charge in [-0.25, -0.2) is 4.79 Å². The number of anilines is 1. The highest BCUT2D eigenvalue weighted by atomic mass is 35.5. The van der Waals surface area contributed by atoms with Crippen molar-refractivity contribution in [3.05, 3.63) is 28.8 Å². The number of aryl methyl sites for hydroxylation is 1. The standard InChI is InChI=1S/C14H20ClNO2/c1-9-7-6-8-11(15)12(9)16-10(2)13(17)18-14(3,4)5/h6-8,10,16H,1-5H3. The SMILES string of the molecule is Cc1cccc(Cl)c1NC(C)C(=O)OC(C)(C)C. The number of nitrogens with one attached hydrogen (secondary N) is 1. The molecule has 1 rings (SSSR count). The van der Waals surface area contributed by atoms with E-state index in [1.807, 2.05) is 39.8 Å². The second kappa shape index (κ2) is 5.61. The van der Waals surface area contributed by atoms with E-state index in [0.29, 0.717) is 5.02 Å². The highest BCUT2D eigenvalue weighted by Crippen LogP contribution is 2.26. The third-order valence-electron chi connectivity index (χ3n) is 2.34. The lowest BCUT2D eigenvalue weighted by molar-refractivity contribution is -0.155. The van der Waals surface area contributed by atoms with Gasteiger partial charge in [0, 0.05) is 0 Å². The summed E-state index contributed by atoms with van der Waals surface area (Å²) < 4.78 is 5.31. The maximum absolute atomic E-state index is 11.9. The predicted octanol–water partition coefficient (Wildman–Crippen LogP) is 3.79. The molecule has 0 spiro atoms. The minimum Gasteiger partial charge on any atom is -0.458 e. The van der Waals surface area contributed by atoms with Crippen LogP contribution in [0.5, 0.6) is 0 Å². The van der Waals surface area contributed by atoms with Crippen molar-refractivity contribution in [3.63, 3.8) is 0 Å². The smallest absolute Gasteiger partial charge is 0.328 e. The summed E-state index contributed by atoms with van der Waals surface area (Å²) in [6, 6.07) is 5.17. The van der Waals surface area contributed by atoms with Crippen molar-refractivity contribution in [2.75, 3.05) is 5.32 Å². The molecular weight excluding hydrogens is 250 g/mol. The van der Waals surface area contributed by atoms with E-state index < -0.39 is 11.6 Å². The Balaban J connectivity index is 2.76. The molecule has 1 unspecified atom stereocenters. The second-order valence-electron chi connectivity index (χ2n) is 5.33. The van der Waals surface area contributed by atoms with Crippen molar-refractivity contribution in [2.45, 2.75) is 46.3 Å². The van der Waals surface area contributed by atoms with Gasteiger partial charge in [-0.15, -0.1) is 0 Å². The topological polar surface area (TPSA) is 38.3 Å². The summed E-state index contributed by atoms with van der Waals surface area (Å²) in [6.07, 6.45) is 0. The number of benzene rings is 1. The fraction of sp³-hybridized carbons (Fsp3) is 0.500. The minimum absolute atomic E-state index is 0.290. The van der Waals surface area contributed by atoms with E-state index in [-0.39, 0.29) is 5.97 Å². The van der Waals surface area contributed by atoms with Crippen LogP contribution in [-0.4, -0.2) is 17.6 Å². The van der Waals surface area contributed by atoms with Gasteiger partial charge in [-0.2, -0.15) is 0 Å². The molecule has 0 bridgehead atoms. The Morgan fingerprint density at radius 2 is 2.00 bits per heavy atom. The molecule has 4 heteroatoms. The van der Waals surface area contributed by atoms with Gasteiger partial charge in [-0.1, -0.05) is 23.7 Å². The van der Waals surface area contributed by atoms with Crippen molar-refractivity contribution >= 4 is 23.3 Å². The molecule has 0 amide bonds. The molecule has 1 N–H and O–H groups in total. The van der Waals surface area contributed by atoms with Gasteiger partial charge in [-0.05, 0) is 46.2 Å². The number of hydrogen-bond acceptors (Lipinski definition) is 3. The van der Waals surface area contributed by atoms with Crippen LogP contribution in [0.4, 0.5) is 5.69 Å². The average Bonchev–Trinajstić information content (AvgIpc) is 2.21. The van der Waals surface area contributed by atoms with Gasteiger partial charge in [-0.3, -0.25) is 0 Å². The Morgan fingerprint density at radius 1 is 1.39 bits per heavy atom. The van der Waals surface area contributed by atoms with Gasteiger partial charge in [0.1, 0.15) is 11.6 Å². The first-order valence-corrected chi connectivity index (χ1v) is 6.33. The zero-order valence-corrected chi connectivity index (χ0v) is 12.3. The van der Waals surface area contributed by atoms with E-state index in [9.17, 15) is 4.79 Å². The van der Waals surface area contributed by atoms with Gasteiger partial charge in [0.25, 0.3) is 0 Å². The Morgan fingerprint density at radius 3 is 2.50 bits per heavy atom. The molecule has 0 aliphatic rings. The van der Waals surface area contributed by atoms with E-state index in [1.54, 1.807) is 13.0 Å². The summed E-state index contributed by atoms with van der Waals surface area (Å²) in [5.41, 5.74) is 1.29. The van der Waals surface area contributed by atoms with Crippen LogP contribution in [0.25, 0.3) is 0 Å². The molecule has 0 aromatic heterocycles. The average molecular weight is 270 g/mol. The normalized spacial score (nSPS) is 13.0. The van der Waals surface area contributed by atoms with Crippen LogP contribution in [0.3, 0.4) is 0 Å². The zero-order valence-electron chi connectivity index (χ0n) is 11.5. The Labute approximate surface area is 113 Å². The Bertz CT molecular complexity index is 418. The summed E-state index contributed by atoms with van der Waals surface area (Å²) in [4.78, 5) is 11.9. The number of esters is 1. The number of carbonyl (C=O) groups is 1. The van der Waals surface area contributed by atoms with Gasteiger partial charge in [0.05, 0.1) is 10.7 Å². The fourth-order valence-electron chi connectivity index (χ4n) is 1.48. The molecule has 100 valence electrons. The summed E-state index contributed by atoms with van der Waals surface area (Å²) in [6.45, 7) is 9.24. The van der Waals surface area contributed by atoms with Crippen LogP contribution in [0.2, 0.25) is 5.02 Å². The monoisotopic (exact) mass is 269 g/mol. The maximum atomic E-state index is 11.9. The van der Waals surface area contributed by atoms with Gasteiger partial charge < -0.3 is 10.1 Å². The fourth-order valence-corrected chi connectivity index (χ4v) is 1.76. The van der Waals surface area contributed by atoms with Gasteiger partial charge in [0.2, 0.25) is 0 Å². The number of halogens is 1. The molecule has 0 radical (unpaired) electrons. The van der Waals surface area contributed by atoms with Crippen LogP contribution in [0.15, 0.2) is 18.2 Å². The van der Waals surface area contributed by atoms with E-state index in [1.165, 1.54) is 0 Å². The number of rotatable bonds is 3. The molecular formula is C14H20ClNO2. The van der Waals surface area contributed by atoms with Gasteiger partial charge >= 0.3 is 5.97 Å². The van der Waals surface area contributed by atoms with E-state index in [4.69, 9.17) is 16.3 Å². The van der Waals surface area contributed by atoms with Gasteiger partial charge in [0.15, 0.2) is 0 Å². The molecule has 18 heavy (non-hydrogen) atoms. The maximum Gasteiger partial charge on any atom is 0.328 e. The van der Waals surface area contributed by atoms with Crippen molar-refractivity contribution in [3.8, 4) is 0 Å². The van der Waals surface area contributed by atoms with Crippen LogP contribution < -0.4 is 5.32 Å². The lowest BCUT2D eigenvalue weighted by atomic mass is 10.1. The molecule has 0 aliphatic heterocycles. The summed E-state index contributed by atoms with van der Waals surface area (Å²) >= 11 is 6.10. The lowest BCUT2D eigenvalue weighted by Gasteiger charge is -2.23. The van der Waals surface area contributed by atoms with Crippen LogP contribution in [0.1, 0.15) is 33.3 Å². The third-order valence-corrected chi connectivity index (χ3v) is 2.66. The first-order valence-electron chi connectivity index (χ1n) is 5.95. The molecule has 1 atom stereocenters. The van der Waals surface area contributed by atoms with Crippen LogP contribution in [-0.2, 0) is 9.53 Å². The summed E-state index contributed by atoms with van der Waals surface area (Å²) in [5.74, 6) is -0.290. The summed E-state index contributed by atoms with van der Waals surface area (Å²) in [5, 5.41) is 3.70. The quantitative estimate of drug-likeness (QED) is 0.849. The molecule has 1 aromatic carbocycles. The van der Waals surface area contributed by atoms with Crippen molar-refractivity contribution < 1.29 is 9.53 Å². The number of ether oxygens (including phenoxy) is 1. The molecule has 0 saturated heterocycles. The van der Waals surface area contributed by atoms with E-state index >= 15 is 0 Å². The molecule has 0 saturated carbocycles. The lowest BCUT2D eigenvalue weighted by Crippen LogP contribution is -2.34. The molecule has 0 aliphatic carbocycles. The molecule has 1 aromatic rings. The first-order chi connectivity index (χ1) is 8.20. The highest BCUT2D eigenvalue weighted by molar-refractivity contribution is 6.33. The number of para-hydroxylation sites is 1. The van der Waals surface area contributed by atoms with Crippen molar-refractivity contribution in [1.82, 2.24) is 0 Å². The number of hydrogen-bond donors (Lipinski definition) is 1. The highest BCUT2D eigenvalue weighted by Gasteiger charge is 2.22. The van der Waals surface area contributed by atoms with E-state index in [2.05, 4.69) is 5.32 Å². The summed E-state index contributed by atoms with van der Waals surface area (Å²) in [7, 11) is 0. The predicted molar refractivity (Wildman–Crippen MR) is 75.1 cm³/mol. The third kappa shape index (κ3) is 4.22. The molecule has 0 heterocycles. The second-order valence-corrected chi connectivity index (χ2v) is 5.74. The largest absolute Gasteiger partial charge is 0.458 e. The molecule has 3 nitrogen and oxygen atoms in total. The van der Waals surface area contributed by atoms with Crippen LogP contribution >= 0.6 is 11.6 Å². The minimum atomic E-state index is -0.484. The number of carbonyl (C=O) groups excluding carboxylic acids is 1. The Kier molecular flexibility index (Phi) is 4.63. The Hall–Kier alpha value is -1.22.